The van der Waals surface area contributed by atoms with Gasteiger partial charge in [0.15, 0.2) is 0 Å². The van der Waals surface area contributed by atoms with E-state index >= 15 is 0 Å². The van der Waals surface area contributed by atoms with E-state index in [0.717, 1.165) is 11.3 Å². The highest BCUT2D eigenvalue weighted by Crippen LogP contribution is 2.26. The first-order chi connectivity index (χ1) is 12.1. The van der Waals surface area contributed by atoms with Crippen molar-refractivity contribution >= 4 is 23.3 Å². The Morgan fingerprint density at radius 2 is 1.80 bits per heavy atom. The van der Waals surface area contributed by atoms with Gasteiger partial charge in [-0.25, -0.2) is 4.79 Å². The molecule has 2 aromatic carbocycles. The summed E-state index contributed by atoms with van der Waals surface area (Å²) in [6.07, 6.45) is 0.640. The lowest BCUT2D eigenvalue weighted by Crippen LogP contribution is -2.30. The summed E-state index contributed by atoms with van der Waals surface area (Å²) in [7, 11) is 0. The quantitative estimate of drug-likeness (QED) is 0.722. The molecule has 0 radical (unpaired) electrons. The maximum Gasteiger partial charge on any atom is 0.319 e. The third kappa shape index (κ3) is 6.18. The molecule has 0 aromatic heterocycles. The molecule has 3 amide bonds. The van der Waals surface area contributed by atoms with Crippen LogP contribution in [0.25, 0.3) is 0 Å². The smallest absolute Gasteiger partial charge is 0.319 e. The summed E-state index contributed by atoms with van der Waals surface area (Å²) >= 11 is 0. The van der Waals surface area contributed by atoms with Crippen LogP contribution in [0.4, 0.5) is 16.2 Å². The lowest BCUT2D eigenvalue weighted by Gasteiger charge is -2.13. The molecule has 0 aliphatic heterocycles. The number of nitrogens with one attached hydrogen (secondary N) is 3. The first-order valence-electron chi connectivity index (χ1n) is 8.21. The number of amides is 3. The highest BCUT2D eigenvalue weighted by molar-refractivity contribution is 5.90. The van der Waals surface area contributed by atoms with Gasteiger partial charge in [0.25, 0.3) is 0 Å². The van der Waals surface area contributed by atoms with E-state index < -0.39 is 0 Å². The van der Waals surface area contributed by atoms with E-state index in [1.165, 1.54) is 6.92 Å². The molecule has 6 nitrogen and oxygen atoms in total. The second-order valence-corrected chi connectivity index (χ2v) is 5.44. The van der Waals surface area contributed by atoms with Gasteiger partial charge in [-0.3, -0.25) is 4.79 Å². The molecule has 2 aromatic rings. The molecule has 3 N–H and O–H groups in total. The fourth-order valence-corrected chi connectivity index (χ4v) is 2.32. The predicted octanol–water partition coefficient (Wildman–Crippen LogP) is 3.41. The molecule has 0 saturated carbocycles. The van der Waals surface area contributed by atoms with Crippen molar-refractivity contribution in [3.63, 3.8) is 0 Å². The largest absolute Gasteiger partial charge is 0.492 e. The first kappa shape index (κ1) is 18.3. The van der Waals surface area contributed by atoms with Gasteiger partial charge < -0.3 is 20.7 Å². The fourth-order valence-electron chi connectivity index (χ4n) is 2.32. The predicted molar refractivity (Wildman–Crippen MR) is 99.1 cm³/mol. The SMILES string of the molecule is CCOc1ccc(CCNC(=O)Nc2ccccc2)cc1NC(C)=O. The molecular weight excluding hydrogens is 318 g/mol. The lowest BCUT2D eigenvalue weighted by atomic mass is 10.1. The molecule has 132 valence electrons. The molecular formula is C19H23N3O3. The first-order valence-corrected chi connectivity index (χ1v) is 8.21. The number of hydrogen-bond acceptors (Lipinski definition) is 3. The number of ether oxygens (including phenoxy) is 1. The lowest BCUT2D eigenvalue weighted by molar-refractivity contribution is -0.114. The van der Waals surface area contributed by atoms with Crippen LogP contribution in [0.2, 0.25) is 0 Å². The van der Waals surface area contributed by atoms with Crippen LogP contribution < -0.4 is 20.7 Å². The van der Waals surface area contributed by atoms with E-state index in [1.807, 2.05) is 55.5 Å². The highest BCUT2D eigenvalue weighted by Gasteiger charge is 2.07. The van der Waals surface area contributed by atoms with E-state index in [2.05, 4.69) is 16.0 Å². The van der Waals surface area contributed by atoms with Crippen molar-refractivity contribution in [2.24, 2.45) is 0 Å². The Bertz CT molecular complexity index is 717. The van der Waals surface area contributed by atoms with E-state index in [1.54, 1.807) is 0 Å². The minimum atomic E-state index is -0.251. The van der Waals surface area contributed by atoms with Gasteiger partial charge in [0, 0.05) is 19.2 Å². The van der Waals surface area contributed by atoms with E-state index in [0.29, 0.717) is 31.0 Å². The van der Waals surface area contributed by atoms with Crippen LogP contribution in [0.15, 0.2) is 48.5 Å². The fraction of sp³-hybridized carbons (Fsp3) is 0.263. The summed E-state index contributed by atoms with van der Waals surface area (Å²) in [6.45, 7) is 4.35. The summed E-state index contributed by atoms with van der Waals surface area (Å²) in [5.41, 5.74) is 2.38. The van der Waals surface area contributed by atoms with Crippen molar-refractivity contribution in [2.45, 2.75) is 20.3 Å². The third-order valence-corrected chi connectivity index (χ3v) is 3.39. The van der Waals surface area contributed by atoms with Crippen LogP contribution in [0.5, 0.6) is 5.75 Å². The number of carbonyl (C=O) groups excluding carboxylic acids is 2. The van der Waals surface area contributed by atoms with Crippen LogP contribution in [0.1, 0.15) is 19.4 Å². The van der Waals surface area contributed by atoms with Gasteiger partial charge in [-0.2, -0.15) is 0 Å². The second kappa shape index (κ2) is 9.32. The maximum absolute atomic E-state index is 11.9. The second-order valence-electron chi connectivity index (χ2n) is 5.44. The van der Waals surface area contributed by atoms with Gasteiger partial charge in [0.1, 0.15) is 5.75 Å². The molecule has 6 heteroatoms. The molecule has 0 unspecified atom stereocenters. The zero-order valence-electron chi connectivity index (χ0n) is 14.5. The number of rotatable bonds is 7. The number of urea groups is 1. The van der Waals surface area contributed by atoms with E-state index in [-0.39, 0.29) is 11.9 Å². The van der Waals surface area contributed by atoms with Gasteiger partial charge >= 0.3 is 6.03 Å². The van der Waals surface area contributed by atoms with E-state index in [9.17, 15) is 9.59 Å². The van der Waals surface area contributed by atoms with Crippen molar-refractivity contribution in [3.8, 4) is 5.75 Å². The van der Waals surface area contributed by atoms with Crippen molar-refractivity contribution in [3.05, 3.63) is 54.1 Å². The summed E-state index contributed by atoms with van der Waals surface area (Å²) in [6, 6.07) is 14.6. The minimum absolute atomic E-state index is 0.154. The Hall–Kier alpha value is -3.02. The number of para-hydroxylation sites is 1. The normalized spacial score (nSPS) is 10.0. The van der Waals surface area contributed by atoms with Crippen LogP contribution in [-0.4, -0.2) is 25.1 Å². The highest BCUT2D eigenvalue weighted by atomic mass is 16.5. The Balaban J connectivity index is 1.89. The summed E-state index contributed by atoms with van der Waals surface area (Å²) in [5, 5.41) is 8.34. The Morgan fingerprint density at radius 3 is 2.48 bits per heavy atom. The molecule has 0 aliphatic rings. The van der Waals surface area contributed by atoms with Crippen LogP contribution >= 0.6 is 0 Å². The van der Waals surface area contributed by atoms with Crippen molar-refractivity contribution in [1.29, 1.82) is 0 Å². The van der Waals surface area contributed by atoms with Gasteiger partial charge in [0.2, 0.25) is 5.91 Å². The Labute approximate surface area is 147 Å². The zero-order chi connectivity index (χ0) is 18.1. The monoisotopic (exact) mass is 341 g/mol. The Kier molecular flexibility index (Phi) is 6.83. The number of anilines is 2. The van der Waals surface area contributed by atoms with Gasteiger partial charge in [-0.1, -0.05) is 24.3 Å². The minimum Gasteiger partial charge on any atom is -0.492 e. The molecule has 2 rings (SSSR count). The summed E-state index contributed by atoms with van der Waals surface area (Å²) < 4.78 is 5.51. The number of hydrogen-bond donors (Lipinski definition) is 3. The number of carbonyl (C=O) groups is 2. The standard InChI is InChI=1S/C19H23N3O3/c1-3-25-18-10-9-15(13-17(18)21-14(2)23)11-12-20-19(24)22-16-7-5-4-6-8-16/h4-10,13H,3,11-12H2,1-2H3,(H,21,23)(H2,20,22,24). The van der Waals surface area contributed by atoms with Crippen molar-refractivity contribution in [2.75, 3.05) is 23.8 Å². The molecule has 0 bridgehead atoms. The average molecular weight is 341 g/mol. The maximum atomic E-state index is 11.9. The number of benzene rings is 2. The van der Waals surface area contributed by atoms with Crippen LogP contribution in [0, 0.1) is 0 Å². The average Bonchev–Trinajstić information content (AvgIpc) is 2.57. The molecule has 0 aliphatic carbocycles. The van der Waals surface area contributed by atoms with Gasteiger partial charge in [-0.15, -0.1) is 0 Å². The summed E-state index contributed by atoms with van der Waals surface area (Å²) in [4.78, 5) is 23.2. The summed E-state index contributed by atoms with van der Waals surface area (Å²) in [5.74, 6) is 0.481. The van der Waals surface area contributed by atoms with Gasteiger partial charge in [0.05, 0.1) is 12.3 Å². The molecule has 0 atom stereocenters. The van der Waals surface area contributed by atoms with E-state index in [4.69, 9.17) is 4.74 Å². The topological polar surface area (TPSA) is 79.5 Å². The third-order valence-electron chi connectivity index (χ3n) is 3.39. The van der Waals surface area contributed by atoms with Crippen LogP contribution in [-0.2, 0) is 11.2 Å². The Morgan fingerprint density at radius 1 is 1.04 bits per heavy atom. The van der Waals surface area contributed by atoms with Gasteiger partial charge in [-0.05, 0) is 43.2 Å². The zero-order valence-corrected chi connectivity index (χ0v) is 14.5. The van der Waals surface area contributed by atoms with Crippen molar-refractivity contribution in [1.82, 2.24) is 5.32 Å². The van der Waals surface area contributed by atoms with Crippen LogP contribution in [0.3, 0.4) is 0 Å². The molecule has 0 spiro atoms. The molecule has 25 heavy (non-hydrogen) atoms. The molecule has 0 saturated heterocycles. The van der Waals surface area contributed by atoms with Crippen molar-refractivity contribution < 1.29 is 14.3 Å². The molecule has 0 heterocycles. The molecule has 0 fully saturated rings.